The van der Waals surface area contributed by atoms with Crippen LogP contribution in [0.15, 0.2) is 42.6 Å². The second-order valence-electron chi connectivity index (χ2n) is 4.33. The Balaban J connectivity index is 2.37. The number of nitrogens with two attached hydrogens (primary N) is 1. The average Bonchev–Trinajstić information content (AvgIpc) is 2.37. The fraction of sp³-hybridized carbons (Fsp3) is 0.214. The Bertz CT molecular complexity index is 579. The molecule has 19 heavy (non-hydrogen) atoms. The van der Waals surface area contributed by atoms with Crippen LogP contribution >= 0.6 is 0 Å². The number of aromatic nitrogens is 1. The van der Waals surface area contributed by atoms with Crippen molar-refractivity contribution in [2.45, 2.75) is 19.1 Å². The monoisotopic (exact) mass is 266 g/mol. The molecule has 0 fully saturated rings. The number of rotatable bonds is 2. The Labute approximate surface area is 109 Å². The first kappa shape index (κ1) is 13.5. The predicted molar refractivity (Wildman–Crippen MR) is 66.4 cm³/mol. The largest absolute Gasteiger partial charge is 0.416 e. The summed E-state index contributed by atoms with van der Waals surface area (Å²) in [5.74, 6) is 0. The molecule has 0 aliphatic heterocycles. The van der Waals surface area contributed by atoms with Crippen LogP contribution < -0.4 is 5.73 Å². The Morgan fingerprint density at radius 1 is 1.11 bits per heavy atom. The number of alkyl halides is 3. The molecule has 2 nitrogen and oxygen atoms in total. The van der Waals surface area contributed by atoms with Gasteiger partial charge in [0.15, 0.2) is 0 Å². The van der Waals surface area contributed by atoms with E-state index in [0.29, 0.717) is 5.56 Å². The van der Waals surface area contributed by atoms with Crippen LogP contribution in [-0.4, -0.2) is 4.98 Å². The predicted octanol–water partition coefficient (Wildman–Crippen LogP) is 3.46. The van der Waals surface area contributed by atoms with E-state index in [4.69, 9.17) is 5.73 Å². The molecular weight excluding hydrogens is 253 g/mol. The van der Waals surface area contributed by atoms with Gasteiger partial charge in [0, 0.05) is 11.9 Å². The lowest BCUT2D eigenvalue weighted by Gasteiger charge is -2.15. The van der Waals surface area contributed by atoms with Crippen molar-refractivity contribution >= 4 is 0 Å². The third kappa shape index (κ3) is 3.12. The molecule has 0 saturated heterocycles. The zero-order valence-corrected chi connectivity index (χ0v) is 10.3. The van der Waals surface area contributed by atoms with Crippen LogP contribution in [0.25, 0.3) is 0 Å². The van der Waals surface area contributed by atoms with E-state index in [2.05, 4.69) is 4.98 Å². The summed E-state index contributed by atoms with van der Waals surface area (Å²) in [6, 6.07) is 7.96. The van der Waals surface area contributed by atoms with Crippen molar-refractivity contribution in [1.82, 2.24) is 4.98 Å². The van der Waals surface area contributed by atoms with Crippen LogP contribution in [-0.2, 0) is 6.18 Å². The van der Waals surface area contributed by atoms with Crippen molar-refractivity contribution in [2.24, 2.45) is 5.73 Å². The van der Waals surface area contributed by atoms with Crippen molar-refractivity contribution in [3.8, 4) is 0 Å². The maximum atomic E-state index is 12.6. The number of pyridine rings is 1. The first-order valence-electron chi connectivity index (χ1n) is 5.73. The SMILES string of the molecule is Cc1cc(C(N)c2cccc(C(F)(F)F)c2)ccn1. The summed E-state index contributed by atoms with van der Waals surface area (Å²) in [4.78, 5) is 4.04. The van der Waals surface area contributed by atoms with Crippen LogP contribution in [0.5, 0.6) is 0 Å². The van der Waals surface area contributed by atoms with Gasteiger partial charge in [-0.1, -0.05) is 12.1 Å². The molecule has 100 valence electrons. The normalized spacial score (nSPS) is 13.3. The summed E-state index contributed by atoms with van der Waals surface area (Å²) in [7, 11) is 0. The number of nitrogens with zero attached hydrogens (tertiary/aromatic N) is 1. The molecule has 1 heterocycles. The van der Waals surface area contributed by atoms with E-state index >= 15 is 0 Å². The highest BCUT2D eigenvalue weighted by molar-refractivity contribution is 5.34. The molecule has 2 N–H and O–H groups in total. The fourth-order valence-electron chi connectivity index (χ4n) is 1.86. The zero-order chi connectivity index (χ0) is 14.0. The molecule has 0 spiro atoms. The van der Waals surface area contributed by atoms with Crippen LogP contribution in [0.3, 0.4) is 0 Å². The fourth-order valence-corrected chi connectivity index (χ4v) is 1.86. The van der Waals surface area contributed by atoms with Gasteiger partial charge in [0.1, 0.15) is 0 Å². The maximum Gasteiger partial charge on any atom is 0.416 e. The van der Waals surface area contributed by atoms with Gasteiger partial charge in [-0.3, -0.25) is 4.98 Å². The number of hydrogen-bond donors (Lipinski definition) is 1. The van der Waals surface area contributed by atoms with Gasteiger partial charge < -0.3 is 5.73 Å². The molecule has 2 aromatic rings. The van der Waals surface area contributed by atoms with Gasteiger partial charge in [-0.15, -0.1) is 0 Å². The van der Waals surface area contributed by atoms with E-state index in [0.717, 1.165) is 23.4 Å². The highest BCUT2D eigenvalue weighted by Crippen LogP contribution is 2.31. The van der Waals surface area contributed by atoms with Crippen LogP contribution in [0.4, 0.5) is 13.2 Å². The quantitative estimate of drug-likeness (QED) is 0.904. The van der Waals surface area contributed by atoms with Crippen LogP contribution in [0, 0.1) is 6.92 Å². The maximum absolute atomic E-state index is 12.6. The summed E-state index contributed by atoms with van der Waals surface area (Å²) in [6.45, 7) is 1.81. The summed E-state index contributed by atoms with van der Waals surface area (Å²) in [6.07, 6.45) is -2.76. The summed E-state index contributed by atoms with van der Waals surface area (Å²) < 4.78 is 37.9. The molecule has 1 atom stereocenters. The van der Waals surface area contributed by atoms with Crippen molar-refractivity contribution in [3.63, 3.8) is 0 Å². The minimum atomic E-state index is -4.36. The van der Waals surface area contributed by atoms with Gasteiger partial charge in [-0.2, -0.15) is 13.2 Å². The average molecular weight is 266 g/mol. The summed E-state index contributed by atoms with van der Waals surface area (Å²) in [5.41, 5.74) is 7.26. The second kappa shape index (κ2) is 5.01. The third-order valence-electron chi connectivity index (χ3n) is 2.85. The van der Waals surface area contributed by atoms with Gasteiger partial charge in [0.25, 0.3) is 0 Å². The Kier molecular flexibility index (Phi) is 3.57. The standard InChI is InChI=1S/C14H13F3N2/c1-9-7-11(5-6-19-9)13(18)10-3-2-4-12(8-10)14(15,16)17/h2-8,13H,18H2,1H3. The molecule has 0 saturated carbocycles. The van der Waals surface area contributed by atoms with E-state index in [-0.39, 0.29) is 0 Å². The van der Waals surface area contributed by atoms with Crippen molar-refractivity contribution in [3.05, 3.63) is 65.0 Å². The highest BCUT2D eigenvalue weighted by Gasteiger charge is 2.30. The van der Waals surface area contributed by atoms with Crippen molar-refractivity contribution < 1.29 is 13.2 Å². The molecule has 2 rings (SSSR count). The second-order valence-corrected chi connectivity index (χ2v) is 4.33. The Morgan fingerprint density at radius 2 is 1.79 bits per heavy atom. The molecule has 5 heteroatoms. The van der Waals surface area contributed by atoms with E-state index in [1.54, 1.807) is 24.4 Å². The minimum absolute atomic E-state index is 0.431. The topological polar surface area (TPSA) is 38.9 Å². The number of aryl methyl sites for hydroxylation is 1. The van der Waals surface area contributed by atoms with Gasteiger partial charge in [-0.25, -0.2) is 0 Å². The van der Waals surface area contributed by atoms with Crippen LogP contribution in [0.2, 0.25) is 0 Å². The number of hydrogen-bond acceptors (Lipinski definition) is 2. The van der Waals surface area contributed by atoms with E-state index in [1.807, 2.05) is 6.92 Å². The zero-order valence-electron chi connectivity index (χ0n) is 10.3. The van der Waals surface area contributed by atoms with Crippen molar-refractivity contribution in [2.75, 3.05) is 0 Å². The Morgan fingerprint density at radius 3 is 2.42 bits per heavy atom. The van der Waals surface area contributed by atoms with Gasteiger partial charge >= 0.3 is 6.18 Å². The molecule has 0 radical (unpaired) electrons. The molecule has 1 unspecified atom stereocenters. The van der Waals surface area contributed by atoms with Gasteiger partial charge in [-0.05, 0) is 42.3 Å². The number of benzene rings is 1. The molecule has 0 bridgehead atoms. The van der Waals surface area contributed by atoms with Gasteiger partial charge in [0.2, 0.25) is 0 Å². The van der Waals surface area contributed by atoms with E-state index in [9.17, 15) is 13.2 Å². The van der Waals surface area contributed by atoms with Crippen LogP contribution in [0.1, 0.15) is 28.4 Å². The molecule has 0 aliphatic rings. The Hall–Kier alpha value is -1.88. The molecule has 0 amide bonds. The van der Waals surface area contributed by atoms with Crippen molar-refractivity contribution in [1.29, 1.82) is 0 Å². The van der Waals surface area contributed by atoms with E-state index in [1.165, 1.54) is 6.07 Å². The first-order chi connectivity index (χ1) is 8.88. The molecule has 1 aromatic heterocycles. The number of halogens is 3. The smallest absolute Gasteiger partial charge is 0.320 e. The lowest BCUT2D eigenvalue weighted by atomic mass is 9.98. The summed E-state index contributed by atoms with van der Waals surface area (Å²) in [5, 5.41) is 0. The third-order valence-corrected chi connectivity index (χ3v) is 2.85. The van der Waals surface area contributed by atoms with E-state index < -0.39 is 17.8 Å². The molecular formula is C14H13F3N2. The lowest BCUT2D eigenvalue weighted by molar-refractivity contribution is -0.137. The first-order valence-corrected chi connectivity index (χ1v) is 5.73. The highest BCUT2D eigenvalue weighted by atomic mass is 19.4. The lowest BCUT2D eigenvalue weighted by Crippen LogP contribution is -2.14. The van der Waals surface area contributed by atoms with Gasteiger partial charge in [0.05, 0.1) is 11.6 Å². The molecule has 1 aromatic carbocycles. The summed E-state index contributed by atoms with van der Waals surface area (Å²) >= 11 is 0. The molecule has 0 aliphatic carbocycles. The minimum Gasteiger partial charge on any atom is -0.320 e.